The average molecular weight is 257 g/mol. The molecule has 1 spiro atoms. The highest BCUT2D eigenvalue weighted by atomic mass is 32.2. The zero-order valence-electron chi connectivity index (χ0n) is 11.6. The van der Waals surface area contributed by atoms with Crippen LogP contribution < -0.4 is 5.32 Å². The maximum Gasteiger partial charge on any atom is 0.0708 e. The molecule has 1 unspecified atom stereocenters. The van der Waals surface area contributed by atoms with Crippen molar-refractivity contribution in [2.45, 2.75) is 68.8 Å². The third-order valence-electron chi connectivity index (χ3n) is 4.33. The van der Waals surface area contributed by atoms with Gasteiger partial charge in [0.05, 0.1) is 11.7 Å². The summed E-state index contributed by atoms with van der Waals surface area (Å²) < 4.78 is 6.63. The quantitative estimate of drug-likeness (QED) is 0.817. The van der Waals surface area contributed by atoms with Gasteiger partial charge in [0.25, 0.3) is 0 Å². The van der Waals surface area contributed by atoms with Gasteiger partial charge < -0.3 is 10.1 Å². The topological polar surface area (TPSA) is 21.3 Å². The first-order valence-corrected chi connectivity index (χ1v) is 8.21. The number of rotatable bonds is 5. The Labute approximate surface area is 110 Å². The summed E-state index contributed by atoms with van der Waals surface area (Å²) in [6, 6.07) is 0. The van der Waals surface area contributed by atoms with Gasteiger partial charge in [-0.1, -0.05) is 12.8 Å². The molecule has 0 amide bonds. The lowest BCUT2D eigenvalue weighted by molar-refractivity contribution is -0.0351. The van der Waals surface area contributed by atoms with Crippen molar-refractivity contribution in [2.24, 2.45) is 0 Å². The zero-order valence-corrected chi connectivity index (χ0v) is 12.4. The molecular weight excluding hydrogens is 230 g/mol. The van der Waals surface area contributed by atoms with Crippen molar-refractivity contribution in [1.29, 1.82) is 0 Å². The Hall–Kier alpha value is 0.270. The van der Waals surface area contributed by atoms with Gasteiger partial charge in [0.15, 0.2) is 0 Å². The van der Waals surface area contributed by atoms with Gasteiger partial charge in [-0.3, -0.25) is 0 Å². The molecule has 2 rings (SSSR count). The molecule has 0 aromatic heterocycles. The van der Waals surface area contributed by atoms with Crippen LogP contribution in [0.3, 0.4) is 0 Å². The van der Waals surface area contributed by atoms with Gasteiger partial charge in [0.1, 0.15) is 0 Å². The maximum absolute atomic E-state index is 6.29. The Balaban J connectivity index is 1.68. The largest absolute Gasteiger partial charge is 0.370 e. The molecule has 1 aliphatic heterocycles. The third-order valence-corrected chi connectivity index (χ3v) is 5.58. The number of nitrogens with one attached hydrogen (secondary N) is 1. The van der Waals surface area contributed by atoms with Crippen molar-refractivity contribution >= 4 is 11.8 Å². The van der Waals surface area contributed by atoms with Gasteiger partial charge in [0.2, 0.25) is 0 Å². The molecule has 1 N–H and O–H groups in total. The van der Waals surface area contributed by atoms with Crippen LogP contribution in [0.1, 0.15) is 52.4 Å². The summed E-state index contributed by atoms with van der Waals surface area (Å²) in [4.78, 5) is 0. The first-order valence-electron chi connectivity index (χ1n) is 6.99. The van der Waals surface area contributed by atoms with E-state index in [9.17, 15) is 0 Å². The summed E-state index contributed by atoms with van der Waals surface area (Å²) in [6.07, 6.45) is 10.6. The van der Waals surface area contributed by atoms with E-state index in [4.69, 9.17) is 4.74 Å². The fraction of sp³-hybridized carbons (Fsp3) is 1.00. The highest BCUT2D eigenvalue weighted by Crippen LogP contribution is 2.43. The lowest BCUT2D eigenvalue weighted by atomic mass is 9.98. The molecular formula is C14H27NOS. The van der Waals surface area contributed by atoms with Gasteiger partial charge >= 0.3 is 0 Å². The van der Waals surface area contributed by atoms with Crippen LogP contribution in [0.5, 0.6) is 0 Å². The molecule has 3 heteroatoms. The fourth-order valence-electron chi connectivity index (χ4n) is 3.03. The second-order valence-corrected chi connectivity index (χ2v) is 7.78. The Bertz CT molecular complexity index is 249. The standard InChI is InChI=1S/C14H27NOS/c1-13(2,17-3)11-15-10-12-6-9-14(16-12)7-4-5-8-14/h12,15H,4-11H2,1-3H3. The van der Waals surface area contributed by atoms with E-state index in [1.165, 1.54) is 38.5 Å². The number of ether oxygens (including phenoxy) is 1. The van der Waals surface area contributed by atoms with Crippen LogP contribution in [-0.2, 0) is 4.74 Å². The number of hydrogen-bond donors (Lipinski definition) is 1. The van der Waals surface area contributed by atoms with Crippen molar-refractivity contribution in [3.8, 4) is 0 Å². The molecule has 100 valence electrons. The highest BCUT2D eigenvalue weighted by molar-refractivity contribution is 7.99. The lowest BCUT2D eigenvalue weighted by Gasteiger charge is -2.26. The Morgan fingerprint density at radius 3 is 2.65 bits per heavy atom. The van der Waals surface area contributed by atoms with E-state index in [0.29, 0.717) is 16.5 Å². The van der Waals surface area contributed by atoms with Crippen LogP contribution >= 0.6 is 11.8 Å². The summed E-state index contributed by atoms with van der Waals surface area (Å²) in [5.74, 6) is 0. The van der Waals surface area contributed by atoms with E-state index >= 15 is 0 Å². The van der Waals surface area contributed by atoms with E-state index in [-0.39, 0.29) is 0 Å². The number of thioether (sulfide) groups is 1. The molecule has 2 aliphatic rings. The summed E-state index contributed by atoms with van der Waals surface area (Å²) in [7, 11) is 0. The van der Waals surface area contributed by atoms with Crippen molar-refractivity contribution in [2.75, 3.05) is 19.3 Å². The Morgan fingerprint density at radius 1 is 1.29 bits per heavy atom. The predicted octanol–water partition coefficient (Wildman–Crippen LogP) is 3.21. The smallest absolute Gasteiger partial charge is 0.0708 e. The molecule has 1 saturated carbocycles. The van der Waals surface area contributed by atoms with Gasteiger partial charge in [-0.25, -0.2) is 0 Å². The van der Waals surface area contributed by atoms with Crippen LogP contribution in [0.15, 0.2) is 0 Å². The van der Waals surface area contributed by atoms with E-state index in [0.717, 1.165) is 13.1 Å². The molecule has 0 radical (unpaired) electrons. The van der Waals surface area contributed by atoms with Crippen molar-refractivity contribution < 1.29 is 4.74 Å². The molecule has 1 heterocycles. The second kappa shape index (κ2) is 5.50. The van der Waals surface area contributed by atoms with Crippen molar-refractivity contribution in [3.63, 3.8) is 0 Å². The van der Waals surface area contributed by atoms with Crippen molar-refractivity contribution in [3.05, 3.63) is 0 Å². The first kappa shape index (κ1) is 13.7. The van der Waals surface area contributed by atoms with Gasteiger partial charge in [-0.15, -0.1) is 0 Å². The lowest BCUT2D eigenvalue weighted by Crippen LogP contribution is -2.37. The van der Waals surface area contributed by atoms with Gasteiger partial charge in [-0.2, -0.15) is 11.8 Å². The minimum Gasteiger partial charge on any atom is -0.370 e. The van der Waals surface area contributed by atoms with E-state index in [1.807, 2.05) is 11.8 Å². The molecule has 2 nitrogen and oxygen atoms in total. The predicted molar refractivity (Wildman–Crippen MR) is 75.8 cm³/mol. The summed E-state index contributed by atoms with van der Waals surface area (Å²) in [5, 5.41) is 3.58. The molecule has 1 atom stereocenters. The van der Waals surface area contributed by atoms with Crippen LogP contribution in [0.4, 0.5) is 0 Å². The summed E-state index contributed by atoms with van der Waals surface area (Å²) in [5.41, 5.74) is 0.293. The molecule has 2 fully saturated rings. The monoisotopic (exact) mass is 257 g/mol. The maximum atomic E-state index is 6.29. The zero-order chi connectivity index (χ0) is 12.4. The highest BCUT2D eigenvalue weighted by Gasteiger charge is 2.41. The molecule has 1 aliphatic carbocycles. The normalized spacial score (nSPS) is 28.1. The van der Waals surface area contributed by atoms with E-state index < -0.39 is 0 Å². The summed E-state index contributed by atoms with van der Waals surface area (Å²) >= 11 is 1.93. The van der Waals surface area contributed by atoms with E-state index in [2.05, 4.69) is 25.4 Å². The van der Waals surface area contributed by atoms with Gasteiger partial charge in [-0.05, 0) is 45.8 Å². The minimum absolute atomic E-state index is 0.293. The van der Waals surface area contributed by atoms with E-state index in [1.54, 1.807) is 0 Å². The minimum atomic E-state index is 0.293. The van der Waals surface area contributed by atoms with Crippen LogP contribution in [0.25, 0.3) is 0 Å². The second-order valence-electron chi connectivity index (χ2n) is 6.26. The third kappa shape index (κ3) is 3.62. The van der Waals surface area contributed by atoms with Crippen LogP contribution in [0.2, 0.25) is 0 Å². The molecule has 0 aromatic rings. The molecule has 17 heavy (non-hydrogen) atoms. The van der Waals surface area contributed by atoms with Crippen molar-refractivity contribution in [1.82, 2.24) is 5.32 Å². The Morgan fingerprint density at radius 2 is 2.00 bits per heavy atom. The van der Waals surface area contributed by atoms with Crippen LogP contribution in [-0.4, -0.2) is 35.8 Å². The summed E-state index contributed by atoms with van der Waals surface area (Å²) in [6.45, 7) is 6.68. The molecule has 0 aromatic carbocycles. The SMILES string of the molecule is CSC(C)(C)CNCC1CCC2(CCCC2)O1. The van der Waals surface area contributed by atoms with Gasteiger partial charge in [0, 0.05) is 17.8 Å². The average Bonchev–Trinajstić information content (AvgIpc) is 2.90. The molecule has 0 bridgehead atoms. The molecule has 1 saturated heterocycles. The Kier molecular flexibility index (Phi) is 4.43. The number of hydrogen-bond acceptors (Lipinski definition) is 3. The van der Waals surface area contributed by atoms with Crippen LogP contribution in [0, 0.1) is 0 Å². The fourth-order valence-corrected chi connectivity index (χ4v) is 3.28. The first-order chi connectivity index (χ1) is 8.05.